The lowest BCUT2D eigenvalue weighted by Gasteiger charge is -2.29. The van der Waals surface area contributed by atoms with Crippen molar-refractivity contribution in [3.05, 3.63) is 113 Å². The second kappa shape index (κ2) is 14.9. The predicted octanol–water partition coefficient (Wildman–Crippen LogP) is 12.3. The van der Waals surface area contributed by atoms with E-state index in [4.69, 9.17) is 4.74 Å². The van der Waals surface area contributed by atoms with Crippen molar-refractivity contribution in [1.29, 1.82) is 0 Å². The smallest absolute Gasteiger partial charge is 0.398 e. The van der Waals surface area contributed by atoms with Gasteiger partial charge in [0.2, 0.25) is 0 Å². The normalized spacial score (nSPS) is 16.8. The molecule has 1 aliphatic rings. The Bertz CT molecular complexity index is 1650. The van der Waals surface area contributed by atoms with E-state index in [2.05, 4.69) is 6.92 Å². The van der Waals surface area contributed by atoms with Crippen molar-refractivity contribution in [3.8, 4) is 28.0 Å². The van der Waals surface area contributed by atoms with Crippen LogP contribution in [0.15, 0.2) is 66.7 Å². The van der Waals surface area contributed by atoms with Gasteiger partial charge in [-0.3, -0.25) is 0 Å². The van der Waals surface area contributed by atoms with Gasteiger partial charge >= 0.3 is 6.11 Å². The van der Waals surface area contributed by atoms with Crippen LogP contribution in [0.5, 0.6) is 5.75 Å². The molecular weight excluding hydrogens is 624 g/mol. The number of hydrogen-bond donors (Lipinski definition) is 0. The van der Waals surface area contributed by atoms with Gasteiger partial charge in [0.15, 0.2) is 29.1 Å². The van der Waals surface area contributed by atoms with Gasteiger partial charge < -0.3 is 4.74 Å². The van der Waals surface area contributed by atoms with Gasteiger partial charge in [0.25, 0.3) is 0 Å². The Morgan fingerprint density at radius 1 is 0.660 bits per heavy atom. The summed E-state index contributed by atoms with van der Waals surface area (Å²) in [5.74, 6) is -7.47. The van der Waals surface area contributed by atoms with Crippen molar-refractivity contribution in [2.24, 2.45) is 5.92 Å². The maximum absolute atomic E-state index is 15.2. The number of unbranched alkanes of at least 4 members (excludes halogenated alkanes) is 2. The summed E-state index contributed by atoms with van der Waals surface area (Å²) in [6.45, 7) is 2.18. The van der Waals surface area contributed by atoms with Crippen LogP contribution < -0.4 is 4.74 Å². The van der Waals surface area contributed by atoms with E-state index in [1.54, 1.807) is 36.4 Å². The maximum atomic E-state index is 15.2. The first-order valence-corrected chi connectivity index (χ1v) is 16.0. The predicted molar refractivity (Wildman–Crippen MR) is 166 cm³/mol. The van der Waals surface area contributed by atoms with Gasteiger partial charge in [-0.2, -0.15) is 8.78 Å². The minimum absolute atomic E-state index is 0.00869. The van der Waals surface area contributed by atoms with Crippen LogP contribution >= 0.6 is 0 Å². The summed E-state index contributed by atoms with van der Waals surface area (Å²) >= 11 is 0. The van der Waals surface area contributed by atoms with Gasteiger partial charge in [0.1, 0.15) is 11.6 Å². The zero-order valence-electron chi connectivity index (χ0n) is 26.0. The summed E-state index contributed by atoms with van der Waals surface area (Å²) in [5.41, 5.74) is 0.767. The number of rotatable bonds is 12. The van der Waals surface area contributed by atoms with E-state index < -0.39 is 53.2 Å². The minimum Gasteiger partial charge on any atom is -0.432 e. The second-order valence-corrected chi connectivity index (χ2v) is 12.4. The van der Waals surface area contributed by atoms with Crippen molar-refractivity contribution in [2.75, 3.05) is 0 Å². The van der Waals surface area contributed by atoms with Crippen LogP contribution in [-0.2, 0) is 6.42 Å². The lowest BCUT2D eigenvalue weighted by atomic mass is 9.76. The topological polar surface area (TPSA) is 9.23 Å². The first kappa shape index (κ1) is 34.5. The molecule has 250 valence electrons. The van der Waals surface area contributed by atoms with Crippen molar-refractivity contribution < 1.29 is 39.9 Å². The van der Waals surface area contributed by atoms with Crippen LogP contribution in [0.4, 0.5) is 35.1 Å². The fourth-order valence-corrected chi connectivity index (χ4v) is 6.42. The molecule has 0 aliphatic heterocycles. The molecule has 0 saturated heterocycles. The van der Waals surface area contributed by atoms with Crippen LogP contribution in [0.1, 0.15) is 81.8 Å². The molecule has 4 aromatic rings. The van der Waals surface area contributed by atoms with E-state index >= 15 is 8.78 Å². The highest BCUT2D eigenvalue weighted by Crippen LogP contribution is 2.40. The highest BCUT2D eigenvalue weighted by atomic mass is 19.3. The van der Waals surface area contributed by atoms with Crippen LogP contribution in [0.2, 0.25) is 0 Å². The summed E-state index contributed by atoms with van der Waals surface area (Å²) in [6.07, 6.45) is 3.91. The highest BCUT2D eigenvalue weighted by molar-refractivity contribution is 5.66. The highest BCUT2D eigenvalue weighted by Gasteiger charge is 2.32. The van der Waals surface area contributed by atoms with E-state index in [1.807, 2.05) is 0 Å². The SMILES string of the molecule is CCCCCC1CCC(c2ccc(-c3ccc(CCC(F)(F)Oc4ccc(-c5cc(F)c(F)c(F)c5)c(F)c4)cc3)c(F)c2F)CC1. The van der Waals surface area contributed by atoms with Crippen molar-refractivity contribution in [1.82, 2.24) is 0 Å². The zero-order chi connectivity index (χ0) is 33.7. The molecule has 1 nitrogen and oxygen atoms in total. The van der Waals surface area contributed by atoms with Gasteiger partial charge in [-0.25, -0.2) is 26.3 Å². The molecule has 0 heterocycles. The number of hydrogen-bond acceptors (Lipinski definition) is 1. The Labute approximate surface area is 269 Å². The van der Waals surface area contributed by atoms with Gasteiger partial charge in [0.05, 0.1) is 6.42 Å². The molecule has 0 spiro atoms. The average Bonchev–Trinajstić information content (AvgIpc) is 3.04. The van der Waals surface area contributed by atoms with E-state index in [0.29, 0.717) is 40.8 Å². The van der Waals surface area contributed by atoms with Crippen molar-refractivity contribution >= 4 is 0 Å². The molecule has 0 bridgehead atoms. The fourth-order valence-electron chi connectivity index (χ4n) is 6.42. The summed E-state index contributed by atoms with van der Waals surface area (Å²) in [5, 5.41) is 0. The average molecular weight is 661 g/mol. The first-order chi connectivity index (χ1) is 22.5. The minimum atomic E-state index is -3.71. The summed E-state index contributed by atoms with van der Waals surface area (Å²) in [4.78, 5) is 0. The first-order valence-electron chi connectivity index (χ1n) is 16.0. The molecule has 1 fully saturated rings. The second-order valence-electron chi connectivity index (χ2n) is 12.4. The van der Waals surface area contributed by atoms with E-state index in [0.717, 1.165) is 37.8 Å². The zero-order valence-corrected chi connectivity index (χ0v) is 26.0. The molecule has 0 N–H and O–H groups in total. The third-order valence-corrected chi connectivity index (χ3v) is 9.09. The van der Waals surface area contributed by atoms with Crippen LogP contribution in [0.3, 0.4) is 0 Å². The largest absolute Gasteiger partial charge is 0.432 e. The van der Waals surface area contributed by atoms with Crippen LogP contribution in [0.25, 0.3) is 22.3 Å². The number of benzene rings is 4. The Morgan fingerprint density at radius 2 is 1.32 bits per heavy atom. The number of ether oxygens (including phenoxy) is 1. The lowest BCUT2D eigenvalue weighted by molar-refractivity contribution is -0.180. The molecule has 0 aromatic heterocycles. The Hall–Kier alpha value is -3.88. The molecule has 1 saturated carbocycles. The van der Waals surface area contributed by atoms with Crippen LogP contribution in [0, 0.1) is 40.8 Å². The molecule has 0 amide bonds. The lowest BCUT2D eigenvalue weighted by Crippen LogP contribution is -2.25. The Kier molecular flexibility index (Phi) is 10.9. The summed E-state index contributed by atoms with van der Waals surface area (Å²) < 4.78 is 119. The Morgan fingerprint density at radius 3 is 1.96 bits per heavy atom. The van der Waals surface area contributed by atoms with E-state index in [9.17, 15) is 26.3 Å². The standard InChI is InChI=1S/C38H36F8O/c1-2-3-4-5-23-6-10-25(11-7-23)30-16-17-31(36(43)35(30)42)26-12-8-24(9-13-26)18-19-38(45,46)47-28-14-15-29(32(39)22-28)27-20-33(40)37(44)34(41)21-27/h8-9,12-17,20-23,25H,2-7,10-11,18-19H2,1H3. The number of alkyl halides is 2. The maximum Gasteiger partial charge on any atom is 0.398 e. The molecule has 0 unspecified atom stereocenters. The molecule has 4 aromatic carbocycles. The molecule has 9 heteroatoms. The van der Waals surface area contributed by atoms with E-state index in [1.165, 1.54) is 25.7 Å². The molecule has 0 radical (unpaired) electrons. The van der Waals surface area contributed by atoms with E-state index in [-0.39, 0.29) is 29.0 Å². The molecule has 1 aliphatic carbocycles. The molecule has 47 heavy (non-hydrogen) atoms. The third kappa shape index (κ3) is 8.35. The summed E-state index contributed by atoms with van der Waals surface area (Å²) in [6, 6.07) is 13.3. The Balaban J connectivity index is 1.18. The third-order valence-electron chi connectivity index (χ3n) is 9.09. The fraction of sp³-hybridized carbons (Fsp3) is 0.368. The van der Waals surface area contributed by atoms with Gasteiger partial charge in [-0.15, -0.1) is 0 Å². The monoisotopic (exact) mass is 660 g/mol. The quantitative estimate of drug-likeness (QED) is 0.0835. The number of halogens is 8. The van der Waals surface area contributed by atoms with Crippen LogP contribution in [-0.4, -0.2) is 6.11 Å². The molecule has 5 rings (SSSR count). The van der Waals surface area contributed by atoms with Crippen molar-refractivity contribution in [2.45, 2.75) is 83.2 Å². The number of aryl methyl sites for hydroxylation is 1. The van der Waals surface area contributed by atoms with Gasteiger partial charge in [0, 0.05) is 17.2 Å². The molecular formula is C38H36F8O. The van der Waals surface area contributed by atoms with Gasteiger partial charge in [-0.05, 0) is 90.5 Å². The summed E-state index contributed by atoms with van der Waals surface area (Å²) in [7, 11) is 0. The van der Waals surface area contributed by atoms with Gasteiger partial charge in [-0.1, -0.05) is 69.0 Å². The van der Waals surface area contributed by atoms with Crippen molar-refractivity contribution in [3.63, 3.8) is 0 Å². The molecule has 0 atom stereocenters.